The Morgan fingerprint density at radius 2 is 2.38 bits per heavy atom. The first-order chi connectivity index (χ1) is 9.97. The Balaban J connectivity index is 2.42. The van der Waals surface area contributed by atoms with Gasteiger partial charge in [0.15, 0.2) is 0 Å². The molecule has 21 heavy (non-hydrogen) atoms. The third-order valence-corrected chi connectivity index (χ3v) is 3.56. The fraction of sp³-hybridized carbons (Fsp3) is 0.667. The van der Waals surface area contributed by atoms with E-state index < -0.39 is 22.9 Å². The summed E-state index contributed by atoms with van der Waals surface area (Å²) in [6.07, 6.45) is 2.09. The van der Waals surface area contributed by atoms with Crippen molar-refractivity contribution < 1.29 is 19.6 Å². The van der Waals surface area contributed by atoms with Crippen LogP contribution in [0.3, 0.4) is 0 Å². The first-order valence-corrected chi connectivity index (χ1v) is 6.70. The SMILES string of the molecule is CCCN(c1c([N+](=O)[O-])ncn1C)C1COCC1C(=O)O. The number of imidazole rings is 1. The van der Waals surface area contributed by atoms with Crippen LogP contribution in [0.2, 0.25) is 0 Å². The molecular formula is C12H18N4O5. The van der Waals surface area contributed by atoms with Gasteiger partial charge >= 0.3 is 11.8 Å². The number of nitro groups is 1. The van der Waals surface area contributed by atoms with Crippen LogP contribution < -0.4 is 4.90 Å². The minimum Gasteiger partial charge on any atom is -0.481 e. The Bertz CT molecular complexity index is 544. The number of nitrogens with zero attached hydrogens (tertiary/aromatic N) is 4. The smallest absolute Gasteiger partial charge is 0.406 e. The van der Waals surface area contributed by atoms with Crippen LogP contribution in [0.4, 0.5) is 11.6 Å². The molecule has 2 rings (SSSR count). The summed E-state index contributed by atoms with van der Waals surface area (Å²) in [4.78, 5) is 27.4. The number of anilines is 1. The molecule has 9 heteroatoms. The van der Waals surface area contributed by atoms with Crippen LogP contribution in [0.5, 0.6) is 0 Å². The van der Waals surface area contributed by atoms with E-state index in [0.717, 1.165) is 6.42 Å². The Morgan fingerprint density at radius 1 is 1.67 bits per heavy atom. The second-order valence-corrected chi connectivity index (χ2v) is 5.00. The molecule has 0 aliphatic carbocycles. The quantitative estimate of drug-likeness (QED) is 0.606. The van der Waals surface area contributed by atoms with Crippen molar-refractivity contribution in [1.29, 1.82) is 0 Å². The Hall–Kier alpha value is -2.16. The molecule has 0 amide bonds. The first-order valence-electron chi connectivity index (χ1n) is 6.70. The predicted octanol–water partition coefficient (Wildman–Crippen LogP) is 0.644. The van der Waals surface area contributed by atoms with E-state index in [1.54, 1.807) is 16.5 Å². The minimum absolute atomic E-state index is 0.117. The molecular weight excluding hydrogens is 280 g/mol. The van der Waals surface area contributed by atoms with Gasteiger partial charge in [0, 0.05) is 13.6 Å². The number of ether oxygens (including phenoxy) is 1. The van der Waals surface area contributed by atoms with Crippen LogP contribution in [-0.2, 0) is 16.6 Å². The molecule has 9 nitrogen and oxygen atoms in total. The number of hydrogen-bond acceptors (Lipinski definition) is 6. The van der Waals surface area contributed by atoms with Crippen molar-refractivity contribution in [1.82, 2.24) is 9.55 Å². The molecule has 116 valence electrons. The summed E-state index contributed by atoms with van der Waals surface area (Å²) in [5.41, 5.74) is 0. The topological polar surface area (TPSA) is 111 Å². The summed E-state index contributed by atoms with van der Waals surface area (Å²) in [5, 5.41) is 20.4. The summed E-state index contributed by atoms with van der Waals surface area (Å²) >= 11 is 0. The number of aromatic nitrogens is 2. The van der Waals surface area contributed by atoms with E-state index in [-0.39, 0.29) is 19.0 Å². The standard InChI is InChI=1S/C12H18N4O5/c1-3-4-15(9-6-21-5-8(9)12(17)18)11-10(16(19)20)13-7-14(11)2/h7-9H,3-6H2,1-2H3,(H,17,18). The van der Waals surface area contributed by atoms with Crippen molar-refractivity contribution in [2.24, 2.45) is 13.0 Å². The maximum atomic E-state index is 11.3. The lowest BCUT2D eigenvalue weighted by Gasteiger charge is -2.31. The molecule has 1 saturated heterocycles. The van der Waals surface area contributed by atoms with Gasteiger partial charge < -0.3 is 24.9 Å². The zero-order valence-electron chi connectivity index (χ0n) is 11.9. The van der Waals surface area contributed by atoms with E-state index in [2.05, 4.69) is 4.98 Å². The third kappa shape index (κ3) is 2.82. The second kappa shape index (κ2) is 6.08. The van der Waals surface area contributed by atoms with Crippen LogP contribution in [0.25, 0.3) is 0 Å². The lowest BCUT2D eigenvalue weighted by atomic mass is 10.0. The van der Waals surface area contributed by atoms with Gasteiger partial charge in [0.1, 0.15) is 5.92 Å². The number of hydrogen-bond donors (Lipinski definition) is 1. The molecule has 1 N–H and O–H groups in total. The lowest BCUT2D eigenvalue weighted by molar-refractivity contribution is -0.388. The van der Waals surface area contributed by atoms with E-state index in [0.29, 0.717) is 12.4 Å². The highest BCUT2D eigenvalue weighted by Gasteiger charge is 2.41. The Kier molecular flexibility index (Phi) is 4.41. The third-order valence-electron chi connectivity index (χ3n) is 3.56. The molecule has 1 aromatic rings. The molecule has 0 bridgehead atoms. The first kappa shape index (κ1) is 15.2. The van der Waals surface area contributed by atoms with E-state index in [1.807, 2.05) is 6.92 Å². The van der Waals surface area contributed by atoms with Crippen LogP contribution in [-0.4, -0.2) is 51.4 Å². The maximum Gasteiger partial charge on any atom is 0.406 e. The molecule has 2 unspecified atom stereocenters. The van der Waals surface area contributed by atoms with Gasteiger partial charge in [0.05, 0.1) is 19.3 Å². The molecule has 2 atom stereocenters. The average molecular weight is 298 g/mol. The van der Waals surface area contributed by atoms with Gasteiger partial charge in [-0.25, -0.2) is 0 Å². The van der Waals surface area contributed by atoms with Crippen molar-refractivity contribution in [3.05, 3.63) is 16.4 Å². The Labute approximate surface area is 121 Å². The van der Waals surface area contributed by atoms with Crippen molar-refractivity contribution in [2.75, 3.05) is 24.7 Å². The van der Waals surface area contributed by atoms with Crippen molar-refractivity contribution in [3.63, 3.8) is 0 Å². The Morgan fingerprint density at radius 3 is 2.95 bits per heavy atom. The van der Waals surface area contributed by atoms with Crippen LogP contribution >= 0.6 is 0 Å². The summed E-state index contributed by atoms with van der Waals surface area (Å²) in [6, 6.07) is -0.434. The van der Waals surface area contributed by atoms with Crippen LogP contribution in [0, 0.1) is 16.0 Å². The molecule has 2 heterocycles. The largest absolute Gasteiger partial charge is 0.481 e. The monoisotopic (exact) mass is 298 g/mol. The number of carboxylic acid groups (broad SMARTS) is 1. The predicted molar refractivity (Wildman–Crippen MR) is 73.2 cm³/mol. The van der Waals surface area contributed by atoms with Gasteiger partial charge in [-0.2, -0.15) is 0 Å². The van der Waals surface area contributed by atoms with E-state index in [4.69, 9.17) is 4.74 Å². The highest BCUT2D eigenvalue weighted by atomic mass is 16.6. The van der Waals surface area contributed by atoms with Gasteiger partial charge in [-0.1, -0.05) is 6.92 Å². The zero-order chi connectivity index (χ0) is 15.6. The molecule has 1 fully saturated rings. The number of rotatable bonds is 6. The molecule has 1 aliphatic rings. The van der Waals surface area contributed by atoms with Gasteiger partial charge in [-0.05, 0) is 16.3 Å². The van der Waals surface area contributed by atoms with Crippen LogP contribution in [0.15, 0.2) is 6.33 Å². The van der Waals surface area contributed by atoms with Crippen molar-refractivity contribution in [3.8, 4) is 0 Å². The lowest BCUT2D eigenvalue weighted by Crippen LogP contribution is -2.44. The summed E-state index contributed by atoms with van der Waals surface area (Å²) in [6.45, 7) is 2.78. The number of carbonyl (C=O) groups is 1. The van der Waals surface area contributed by atoms with Gasteiger partial charge in [-0.3, -0.25) is 9.36 Å². The maximum absolute atomic E-state index is 11.3. The molecule has 0 radical (unpaired) electrons. The van der Waals surface area contributed by atoms with E-state index in [9.17, 15) is 20.0 Å². The van der Waals surface area contributed by atoms with E-state index in [1.165, 1.54) is 6.33 Å². The number of aliphatic carboxylic acids is 1. The molecule has 0 saturated carbocycles. The number of carboxylic acids is 1. The molecule has 0 spiro atoms. The zero-order valence-corrected chi connectivity index (χ0v) is 11.9. The summed E-state index contributed by atoms with van der Waals surface area (Å²) in [7, 11) is 1.66. The van der Waals surface area contributed by atoms with Crippen molar-refractivity contribution in [2.45, 2.75) is 19.4 Å². The average Bonchev–Trinajstić information content (AvgIpc) is 3.02. The van der Waals surface area contributed by atoms with Gasteiger partial charge in [0.25, 0.3) is 0 Å². The molecule has 1 aliphatic heterocycles. The fourth-order valence-electron chi connectivity index (χ4n) is 2.63. The van der Waals surface area contributed by atoms with Gasteiger partial charge in [-0.15, -0.1) is 0 Å². The number of aryl methyl sites for hydroxylation is 1. The molecule has 0 aromatic carbocycles. The van der Waals surface area contributed by atoms with Gasteiger partial charge in [0.2, 0.25) is 12.1 Å². The molecule has 1 aromatic heterocycles. The van der Waals surface area contributed by atoms with E-state index >= 15 is 0 Å². The summed E-state index contributed by atoms with van der Waals surface area (Å²) in [5.74, 6) is -1.60. The summed E-state index contributed by atoms with van der Waals surface area (Å²) < 4.78 is 6.82. The second-order valence-electron chi connectivity index (χ2n) is 5.00. The highest BCUT2D eigenvalue weighted by Crippen LogP contribution is 2.32. The fourth-order valence-corrected chi connectivity index (χ4v) is 2.63. The van der Waals surface area contributed by atoms with Crippen LogP contribution in [0.1, 0.15) is 13.3 Å². The van der Waals surface area contributed by atoms with Crippen molar-refractivity contribution >= 4 is 17.6 Å². The minimum atomic E-state index is -0.955. The normalized spacial score (nSPS) is 21.4. The highest BCUT2D eigenvalue weighted by molar-refractivity contribution is 5.73.